The molecule has 0 atom stereocenters. The molecule has 0 bridgehead atoms. The molecule has 0 spiro atoms. The van der Waals surface area contributed by atoms with E-state index in [4.69, 9.17) is 0 Å². The number of hydrogen-bond donors (Lipinski definition) is 1. The third-order valence-electron chi connectivity index (χ3n) is 3.58. The van der Waals surface area contributed by atoms with E-state index >= 15 is 0 Å². The van der Waals surface area contributed by atoms with Gasteiger partial charge in [0.05, 0.1) is 17.0 Å². The van der Waals surface area contributed by atoms with Crippen molar-refractivity contribution in [3.05, 3.63) is 36.5 Å². The first-order valence-electron chi connectivity index (χ1n) is 7.56. The van der Waals surface area contributed by atoms with Gasteiger partial charge in [0.2, 0.25) is 10.0 Å². The van der Waals surface area contributed by atoms with Crippen LogP contribution in [0.3, 0.4) is 0 Å². The Hall–Kier alpha value is -1.50. The molecule has 0 unspecified atom stereocenters. The van der Waals surface area contributed by atoms with Gasteiger partial charge in [0, 0.05) is 24.7 Å². The zero-order chi connectivity index (χ0) is 16.0. The summed E-state index contributed by atoms with van der Waals surface area (Å²) in [4.78, 5) is 4.46. The fourth-order valence-corrected chi connectivity index (χ4v) is 4.11. The number of nitrogens with zero attached hydrogens (tertiary/aromatic N) is 2. The molecule has 1 aromatic heterocycles. The molecule has 2 rings (SSSR count). The molecule has 0 radical (unpaired) electrons. The van der Waals surface area contributed by atoms with Gasteiger partial charge in [-0.15, -0.1) is 0 Å². The summed E-state index contributed by atoms with van der Waals surface area (Å²) in [6.07, 6.45) is 4.42. The van der Waals surface area contributed by atoms with Crippen LogP contribution in [0.25, 0.3) is 10.9 Å². The van der Waals surface area contributed by atoms with Crippen molar-refractivity contribution in [2.45, 2.75) is 31.1 Å². The molecule has 6 heteroatoms. The molecule has 0 amide bonds. The number of rotatable bonds is 8. The Bertz CT molecular complexity index is 711. The van der Waals surface area contributed by atoms with Gasteiger partial charge >= 0.3 is 0 Å². The predicted octanol–water partition coefficient (Wildman–Crippen LogP) is 2.41. The van der Waals surface area contributed by atoms with Crippen LogP contribution in [-0.4, -0.2) is 42.5 Å². The molecule has 0 aliphatic carbocycles. The van der Waals surface area contributed by atoms with Crippen LogP contribution in [0.4, 0.5) is 0 Å². The molecule has 0 saturated heterocycles. The van der Waals surface area contributed by atoms with Crippen LogP contribution in [0.15, 0.2) is 41.4 Å². The van der Waals surface area contributed by atoms with Crippen LogP contribution in [0.5, 0.6) is 0 Å². The average molecular weight is 322 g/mol. The molecule has 1 N–H and O–H groups in total. The van der Waals surface area contributed by atoms with Gasteiger partial charge in [-0.1, -0.05) is 25.8 Å². The van der Waals surface area contributed by atoms with Crippen molar-refractivity contribution < 1.29 is 13.5 Å². The number of hydrogen-bond acceptors (Lipinski definition) is 4. The van der Waals surface area contributed by atoms with Gasteiger partial charge in [0.1, 0.15) is 0 Å². The summed E-state index contributed by atoms with van der Waals surface area (Å²) in [7, 11) is -3.64. The van der Waals surface area contributed by atoms with Crippen LogP contribution in [0.2, 0.25) is 0 Å². The maximum atomic E-state index is 12.9. The summed E-state index contributed by atoms with van der Waals surface area (Å²) in [6, 6.07) is 8.59. The second-order valence-corrected chi connectivity index (χ2v) is 7.07. The van der Waals surface area contributed by atoms with Gasteiger partial charge in [-0.3, -0.25) is 4.98 Å². The van der Waals surface area contributed by atoms with E-state index in [2.05, 4.69) is 11.9 Å². The molecule has 1 aromatic carbocycles. The first-order chi connectivity index (χ1) is 10.6. The van der Waals surface area contributed by atoms with E-state index in [-0.39, 0.29) is 18.0 Å². The van der Waals surface area contributed by atoms with Crippen molar-refractivity contribution in [2.24, 2.45) is 0 Å². The van der Waals surface area contributed by atoms with Gasteiger partial charge in [0.15, 0.2) is 0 Å². The Morgan fingerprint density at radius 2 is 1.95 bits per heavy atom. The van der Waals surface area contributed by atoms with Crippen molar-refractivity contribution >= 4 is 20.9 Å². The lowest BCUT2D eigenvalue weighted by Gasteiger charge is -2.22. The average Bonchev–Trinajstić information content (AvgIpc) is 2.53. The minimum Gasteiger partial charge on any atom is -0.395 e. The topological polar surface area (TPSA) is 70.5 Å². The molecule has 0 fully saturated rings. The van der Waals surface area contributed by atoms with E-state index in [0.717, 1.165) is 19.3 Å². The second-order valence-electron chi connectivity index (χ2n) is 5.16. The lowest BCUT2D eigenvalue weighted by atomic mass is 10.2. The number of aliphatic hydroxyl groups excluding tert-OH is 1. The highest BCUT2D eigenvalue weighted by Gasteiger charge is 2.25. The largest absolute Gasteiger partial charge is 0.395 e. The van der Waals surface area contributed by atoms with Crippen molar-refractivity contribution in [3.63, 3.8) is 0 Å². The lowest BCUT2D eigenvalue weighted by molar-refractivity contribution is 0.252. The second kappa shape index (κ2) is 7.67. The van der Waals surface area contributed by atoms with Gasteiger partial charge < -0.3 is 5.11 Å². The zero-order valence-corrected chi connectivity index (χ0v) is 13.6. The van der Waals surface area contributed by atoms with Crippen molar-refractivity contribution in [2.75, 3.05) is 19.7 Å². The van der Waals surface area contributed by atoms with E-state index < -0.39 is 10.0 Å². The van der Waals surface area contributed by atoms with Crippen LogP contribution in [0.1, 0.15) is 26.2 Å². The van der Waals surface area contributed by atoms with Gasteiger partial charge in [-0.25, -0.2) is 8.42 Å². The highest BCUT2D eigenvalue weighted by molar-refractivity contribution is 7.89. The van der Waals surface area contributed by atoms with Crippen LogP contribution in [0, 0.1) is 0 Å². The summed E-state index contributed by atoms with van der Waals surface area (Å²) in [5, 5.41) is 9.81. The zero-order valence-electron chi connectivity index (χ0n) is 12.8. The first-order valence-corrected chi connectivity index (χ1v) is 9.00. The number of fused-ring (bicyclic) bond motifs is 1. The number of unbranched alkanes of at least 4 members (excludes halogenated alkanes) is 2. The number of benzene rings is 1. The molecule has 2 aromatic rings. The van der Waals surface area contributed by atoms with Gasteiger partial charge in [-0.05, 0) is 30.7 Å². The molecule has 22 heavy (non-hydrogen) atoms. The summed E-state index contributed by atoms with van der Waals surface area (Å²) >= 11 is 0. The number of aliphatic hydroxyl groups is 1. The Labute approximate surface area is 131 Å². The highest BCUT2D eigenvalue weighted by atomic mass is 32.2. The molecular weight excluding hydrogens is 300 g/mol. The summed E-state index contributed by atoms with van der Waals surface area (Å²) in [6.45, 7) is 2.42. The standard InChI is InChI=1S/C16H22N2O3S/c1-2-3-4-11-18(12-13-19)22(20,21)16-9-5-8-15-14(16)7-6-10-17-15/h5-10,19H,2-4,11-13H2,1H3. The molecule has 120 valence electrons. The van der Waals surface area contributed by atoms with Gasteiger partial charge in [0.25, 0.3) is 0 Å². The summed E-state index contributed by atoms with van der Waals surface area (Å²) in [5.41, 5.74) is 0.654. The first kappa shape index (κ1) is 16.9. The molecular formula is C16H22N2O3S. The summed E-state index contributed by atoms with van der Waals surface area (Å²) < 4.78 is 27.2. The molecule has 0 aliphatic rings. The molecule has 0 saturated carbocycles. The van der Waals surface area contributed by atoms with E-state index in [0.29, 0.717) is 17.4 Å². The van der Waals surface area contributed by atoms with Crippen LogP contribution >= 0.6 is 0 Å². The maximum absolute atomic E-state index is 12.9. The van der Waals surface area contributed by atoms with Crippen LogP contribution < -0.4 is 0 Å². The third kappa shape index (κ3) is 3.63. The fraction of sp³-hybridized carbons (Fsp3) is 0.438. The lowest BCUT2D eigenvalue weighted by Crippen LogP contribution is -2.34. The van der Waals surface area contributed by atoms with E-state index in [1.807, 2.05) is 0 Å². The van der Waals surface area contributed by atoms with Crippen LogP contribution in [-0.2, 0) is 10.0 Å². The minimum absolute atomic E-state index is 0.114. The van der Waals surface area contributed by atoms with Crippen molar-refractivity contribution in [3.8, 4) is 0 Å². The maximum Gasteiger partial charge on any atom is 0.243 e. The molecule has 0 aliphatic heterocycles. The fourth-order valence-electron chi connectivity index (χ4n) is 2.44. The third-order valence-corrected chi connectivity index (χ3v) is 5.54. The monoisotopic (exact) mass is 322 g/mol. The van der Waals surface area contributed by atoms with Crippen molar-refractivity contribution in [1.82, 2.24) is 9.29 Å². The molecule has 1 heterocycles. The number of pyridine rings is 1. The van der Waals surface area contributed by atoms with Crippen molar-refractivity contribution in [1.29, 1.82) is 0 Å². The molecule has 5 nitrogen and oxygen atoms in total. The SMILES string of the molecule is CCCCCN(CCO)S(=O)(=O)c1cccc2ncccc12. The normalized spacial score (nSPS) is 12.1. The Kier molecular flexibility index (Phi) is 5.88. The predicted molar refractivity (Wildman–Crippen MR) is 87.1 cm³/mol. The van der Waals surface area contributed by atoms with E-state index in [9.17, 15) is 13.5 Å². The summed E-state index contributed by atoms with van der Waals surface area (Å²) in [5.74, 6) is 0. The van der Waals surface area contributed by atoms with Gasteiger partial charge in [-0.2, -0.15) is 4.31 Å². The Morgan fingerprint density at radius 1 is 1.14 bits per heavy atom. The quantitative estimate of drug-likeness (QED) is 0.758. The number of sulfonamides is 1. The smallest absolute Gasteiger partial charge is 0.243 e. The minimum atomic E-state index is -3.64. The highest BCUT2D eigenvalue weighted by Crippen LogP contribution is 2.24. The number of aromatic nitrogens is 1. The van der Waals surface area contributed by atoms with E-state index in [1.165, 1.54) is 4.31 Å². The Balaban J connectivity index is 2.40. The Morgan fingerprint density at radius 3 is 2.68 bits per heavy atom. The van der Waals surface area contributed by atoms with E-state index in [1.54, 1.807) is 36.5 Å².